The summed E-state index contributed by atoms with van der Waals surface area (Å²) in [6.45, 7) is 5.56. The van der Waals surface area contributed by atoms with Gasteiger partial charge in [0, 0.05) is 21.7 Å². The molecule has 1 aliphatic rings. The van der Waals surface area contributed by atoms with Gasteiger partial charge in [-0.1, -0.05) is 48.0 Å². The molecule has 0 amide bonds. The fourth-order valence-electron chi connectivity index (χ4n) is 3.47. The summed E-state index contributed by atoms with van der Waals surface area (Å²) in [4.78, 5) is 12.9. The van der Waals surface area contributed by atoms with E-state index in [1.165, 1.54) is 10.2 Å². The van der Waals surface area contributed by atoms with E-state index in [0.717, 1.165) is 40.9 Å². The molecule has 1 aromatic heterocycles. The predicted molar refractivity (Wildman–Crippen MR) is 107 cm³/mol. The summed E-state index contributed by atoms with van der Waals surface area (Å²) in [5.74, 6) is 0. The molecule has 3 aromatic rings. The summed E-state index contributed by atoms with van der Waals surface area (Å²) in [5, 5.41) is 5.34. The van der Waals surface area contributed by atoms with Crippen LogP contribution in [-0.4, -0.2) is 21.5 Å². The number of rotatable bonds is 1. The van der Waals surface area contributed by atoms with Gasteiger partial charge >= 0.3 is 6.09 Å². The van der Waals surface area contributed by atoms with Crippen LogP contribution in [0.1, 0.15) is 31.9 Å². The molecule has 0 saturated carbocycles. The zero-order valence-corrected chi connectivity index (χ0v) is 16.4. The number of ether oxygens (including phenoxy) is 1. The maximum Gasteiger partial charge on any atom is 0.435 e. The average molecular weight is 381 g/mol. The first-order valence-corrected chi connectivity index (χ1v) is 9.41. The lowest BCUT2D eigenvalue weighted by Gasteiger charge is -2.20. The topological polar surface area (TPSA) is 44.1 Å². The Labute approximate surface area is 163 Å². The number of aromatic nitrogens is 2. The molecule has 27 heavy (non-hydrogen) atoms. The predicted octanol–water partition coefficient (Wildman–Crippen LogP) is 5.75. The van der Waals surface area contributed by atoms with Gasteiger partial charge in [-0.2, -0.15) is 9.78 Å². The number of carbonyl (C=O) groups excluding carboxylic acids is 1. The Balaban J connectivity index is 1.92. The Bertz CT molecular complexity index is 1010. The smallest absolute Gasteiger partial charge is 0.435 e. The molecule has 0 bridgehead atoms. The highest BCUT2D eigenvalue weighted by atomic mass is 35.5. The third-order valence-electron chi connectivity index (χ3n) is 4.58. The summed E-state index contributed by atoms with van der Waals surface area (Å²) >= 11 is 6.06. The maximum absolute atomic E-state index is 12.9. The molecule has 0 atom stereocenters. The Hall–Kier alpha value is -2.59. The number of hydrogen-bond donors (Lipinski definition) is 0. The van der Waals surface area contributed by atoms with Crippen LogP contribution in [0.4, 0.5) is 4.79 Å². The van der Waals surface area contributed by atoms with Crippen molar-refractivity contribution >= 4 is 17.7 Å². The number of aryl methyl sites for hydroxylation is 1. The first-order valence-electron chi connectivity index (χ1n) is 9.03. The molecule has 1 heterocycles. The summed E-state index contributed by atoms with van der Waals surface area (Å²) in [6, 6.07) is 15.7. The van der Waals surface area contributed by atoms with Gasteiger partial charge in [-0.15, -0.1) is 0 Å². The quantitative estimate of drug-likeness (QED) is 0.539. The second-order valence-electron chi connectivity index (χ2n) is 7.73. The zero-order valence-electron chi connectivity index (χ0n) is 15.6. The van der Waals surface area contributed by atoms with E-state index in [4.69, 9.17) is 16.3 Å². The molecule has 0 N–H and O–H groups in total. The molecule has 0 radical (unpaired) electrons. The number of nitrogens with zero attached hydrogens (tertiary/aromatic N) is 2. The summed E-state index contributed by atoms with van der Waals surface area (Å²) < 4.78 is 7.01. The van der Waals surface area contributed by atoms with E-state index in [9.17, 15) is 4.79 Å². The molecule has 0 aliphatic heterocycles. The van der Waals surface area contributed by atoms with Crippen LogP contribution in [0.5, 0.6) is 0 Å². The standard InChI is InChI=1S/C22H21ClN2O2/c1-22(2,3)27-21(26)25-20(15-8-11-16(23)12-9-15)18-13-10-14-6-4-5-7-17(14)19(18)24-25/h4-9,11-12H,10,13H2,1-3H3. The van der Waals surface area contributed by atoms with Gasteiger partial charge in [-0.05, 0) is 51.3 Å². The van der Waals surface area contributed by atoms with Gasteiger partial charge in [0.05, 0.1) is 11.4 Å². The van der Waals surface area contributed by atoms with Gasteiger partial charge in [0.15, 0.2) is 0 Å². The van der Waals surface area contributed by atoms with Crippen molar-refractivity contribution in [1.29, 1.82) is 0 Å². The Kier molecular flexibility index (Phi) is 4.31. The molecule has 138 valence electrons. The van der Waals surface area contributed by atoms with Crippen molar-refractivity contribution in [3.63, 3.8) is 0 Å². The van der Waals surface area contributed by atoms with Crippen molar-refractivity contribution < 1.29 is 9.53 Å². The molecular formula is C22H21ClN2O2. The summed E-state index contributed by atoms with van der Waals surface area (Å²) in [6.07, 6.45) is 1.27. The molecule has 0 spiro atoms. The Morgan fingerprint density at radius 1 is 1.07 bits per heavy atom. The van der Waals surface area contributed by atoms with E-state index in [1.807, 2.05) is 57.2 Å². The van der Waals surface area contributed by atoms with Crippen LogP contribution in [0.25, 0.3) is 22.5 Å². The maximum atomic E-state index is 12.9. The van der Waals surface area contributed by atoms with Crippen molar-refractivity contribution in [2.24, 2.45) is 0 Å². The molecule has 1 aliphatic carbocycles. The summed E-state index contributed by atoms with van der Waals surface area (Å²) in [7, 11) is 0. The number of hydrogen-bond acceptors (Lipinski definition) is 3. The van der Waals surface area contributed by atoms with Gasteiger partial charge < -0.3 is 4.74 Å². The molecule has 2 aromatic carbocycles. The van der Waals surface area contributed by atoms with Crippen LogP contribution in [0, 0.1) is 0 Å². The van der Waals surface area contributed by atoms with Gasteiger partial charge in [0.2, 0.25) is 0 Å². The average Bonchev–Trinajstić information content (AvgIpc) is 3.01. The first kappa shape index (κ1) is 17.8. The summed E-state index contributed by atoms with van der Waals surface area (Å²) in [5.41, 5.74) is 5.34. The van der Waals surface area contributed by atoms with E-state index in [0.29, 0.717) is 5.02 Å². The SMILES string of the molecule is CC(C)(C)OC(=O)n1nc2c(c1-c1ccc(Cl)cc1)CCc1ccccc1-2. The third kappa shape index (κ3) is 3.37. The van der Waals surface area contributed by atoms with Crippen LogP contribution in [-0.2, 0) is 17.6 Å². The molecule has 5 heteroatoms. The zero-order chi connectivity index (χ0) is 19.2. The van der Waals surface area contributed by atoms with Crippen molar-refractivity contribution in [1.82, 2.24) is 9.78 Å². The fourth-order valence-corrected chi connectivity index (χ4v) is 3.60. The fraction of sp³-hybridized carbons (Fsp3) is 0.273. The second-order valence-corrected chi connectivity index (χ2v) is 8.17. The number of carbonyl (C=O) groups is 1. The van der Waals surface area contributed by atoms with Crippen LogP contribution in [0.15, 0.2) is 48.5 Å². The van der Waals surface area contributed by atoms with E-state index in [-0.39, 0.29) is 0 Å². The van der Waals surface area contributed by atoms with Crippen LogP contribution in [0.2, 0.25) is 5.02 Å². The normalized spacial score (nSPS) is 13.0. The second kappa shape index (κ2) is 6.54. The lowest BCUT2D eigenvalue weighted by Crippen LogP contribution is -2.28. The third-order valence-corrected chi connectivity index (χ3v) is 4.84. The molecular weight excluding hydrogens is 360 g/mol. The van der Waals surface area contributed by atoms with Gasteiger partial charge in [-0.3, -0.25) is 0 Å². The molecule has 4 nitrogen and oxygen atoms in total. The molecule has 0 fully saturated rings. The molecule has 0 saturated heterocycles. The van der Waals surface area contributed by atoms with Crippen LogP contribution in [0.3, 0.4) is 0 Å². The number of halogens is 1. The highest BCUT2D eigenvalue weighted by molar-refractivity contribution is 6.30. The van der Waals surface area contributed by atoms with E-state index in [1.54, 1.807) is 0 Å². The minimum absolute atomic E-state index is 0.473. The highest BCUT2D eigenvalue weighted by Crippen LogP contribution is 2.39. The van der Waals surface area contributed by atoms with Gasteiger partial charge in [0.1, 0.15) is 5.60 Å². The number of fused-ring (bicyclic) bond motifs is 3. The molecule has 0 unspecified atom stereocenters. The lowest BCUT2D eigenvalue weighted by atomic mass is 9.88. The van der Waals surface area contributed by atoms with E-state index < -0.39 is 11.7 Å². The minimum atomic E-state index is -0.598. The number of benzene rings is 2. The lowest BCUT2D eigenvalue weighted by molar-refractivity contribution is 0.0518. The highest BCUT2D eigenvalue weighted by Gasteiger charge is 2.29. The van der Waals surface area contributed by atoms with E-state index in [2.05, 4.69) is 17.2 Å². The van der Waals surface area contributed by atoms with Gasteiger partial charge in [0.25, 0.3) is 0 Å². The van der Waals surface area contributed by atoms with Crippen molar-refractivity contribution in [2.75, 3.05) is 0 Å². The van der Waals surface area contributed by atoms with Crippen LogP contribution < -0.4 is 0 Å². The van der Waals surface area contributed by atoms with E-state index >= 15 is 0 Å². The minimum Gasteiger partial charge on any atom is -0.442 e. The van der Waals surface area contributed by atoms with Crippen LogP contribution >= 0.6 is 11.6 Å². The molecule has 4 rings (SSSR count). The monoisotopic (exact) mass is 380 g/mol. The van der Waals surface area contributed by atoms with Crippen molar-refractivity contribution in [2.45, 2.75) is 39.2 Å². The van der Waals surface area contributed by atoms with Gasteiger partial charge in [-0.25, -0.2) is 4.79 Å². The largest absolute Gasteiger partial charge is 0.442 e. The Morgan fingerprint density at radius 2 is 1.78 bits per heavy atom. The Morgan fingerprint density at radius 3 is 2.48 bits per heavy atom. The first-order chi connectivity index (χ1) is 12.8. The van der Waals surface area contributed by atoms with Crippen molar-refractivity contribution in [3.8, 4) is 22.5 Å². The van der Waals surface area contributed by atoms with Crippen molar-refractivity contribution in [3.05, 3.63) is 64.7 Å².